The number of nitrogens with zero attached hydrogens (tertiary/aromatic N) is 2. The zero-order valence-corrected chi connectivity index (χ0v) is 18.6. The maximum Gasteiger partial charge on any atom is 0.307 e. The van der Waals surface area contributed by atoms with Gasteiger partial charge in [0.25, 0.3) is 0 Å². The molecule has 0 saturated heterocycles. The van der Waals surface area contributed by atoms with Crippen LogP contribution in [0.15, 0.2) is 59.3 Å². The highest BCUT2D eigenvalue weighted by Gasteiger charge is 2.19. The number of anilines is 2. The number of nitrogens with one attached hydrogen (secondary N) is 1. The van der Waals surface area contributed by atoms with Crippen LogP contribution in [0, 0.1) is 0 Å². The van der Waals surface area contributed by atoms with Gasteiger partial charge >= 0.3 is 5.97 Å². The lowest BCUT2D eigenvalue weighted by Gasteiger charge is -2.17. The Morgan fingerprint density at radius 3 is 2.58 bits per heavy atom. The Morgan fingerprint density at radius 2 is 1.94 bits per heavy atom. The number of benzene rings is 1. The predicted octanol–water partition coefficient (Wildman–Crippen LogP) is 4.32. The smallest absolute Gasteiger partial charge is 0.307 e. The lowest BCUT2D eigenvalue weighted by molar-refractivity contribution is -0.141. The lowest BCUT2D eigenvalue weighted by atomic mass is 10.1. The summed E-state index contributed by atoms with van der Waals surface area (Å²) < 4.78 is 4.73. The number of aromatic nitrogens is 1. The van der Waals surface area contributed by atoms with Gasteiger partial charge in [-0.25, -0.2) is 4.98 Å². The summed E-state index contributed by atoms with van der Waals surface area (Å²) in [6.45, 7) is 1.48. The van der Waals surface area contributed by atoms with E-state index in [4.69, 9.17) is 4.74 Å². The van der Waals surface area contributed by atoms with Gasteiger partial charge in [-0.15, -0.1) is 22.7 Å². The summed E-state index contributed by atoms with van der Waals surface area (Å²) in [5.41, 5.74) is 1.28. The van der Waals surface area contributed by atoms with Crippen LogP contribution in [0.25, 0.3) is 6.08 Å². The molecule has 9 heteroatoms. The van der Waals surface area contributed by atoms with Gasteiger partial charge in [-0.2, -0.15) is 0 Å². The third-order valence-corrected chi connectivity index (χ3v) is 6.07. The SMILES string of the molecule is COC(=O)CC(NC(=O)/C=C/c1csc(N(C(C)=O)c2ccccc2)n1)c1cccs1. The van der Waals surface area contributed by atoms with Crippen LogP contribution >= 0.6 is 22.7 Å². The second-order valence-corrected chi connectivity index (χ2v) is 8.25. The number of hydrogen-bond acceptors (Lipinski definition) is 7. The van der Waals surface area contributed by atoms with E-state index in [-0.39, 0.29) is 18.2 Å². The first-order valence-corrected chi connectivity index (χ1v) is 11.1. The Kier molecular flexibility index (Phi) is 7.69. The molecule has 0 spiro atoms. The van der Waals surface area contributed by atoms with Gasteiger partial charge in [0.05, 0.1) is 31.0 Å². The normalized spacial score (nSPS) is 11.8. The van der Waals surface area contributed by atoms with Crippen molar-refractivity contribution in [1.29, 1.82) is 0 Å². The van der Waals surface area contributed by atoms with Gasteiger partial charge in [0, 0.05) is 23.3 Å². The van der Waals surface area contributed by atoms with Crippen LogP contribution in [0.4, 0.5) is 10.8 Å². The summed E-state index contributed by atoms with van der Waals surface area (Å²) in [6, 6.07) is 12.5. The van der Waals surface area contributed by atoms with Gasteiger partial charge in [-0.3, -0.25) is 19.3 Å². The molecule has 2 heterocycles. The fourth-order valence-electron chi connectivity index (χ4n) is 2.80. The number of thiophene rings is 1. The molecule has 3 aromatic rings. The van der Waals surface area contributed by atoms with E-state index in [9.17, 15) is 14.4 Å². The highest BCUT2D eigenvalue weighted by Crippen LogP contribution is 2.29. The number of para-hydroxylation sites is 1. The van der Waals surface area contributed by atoms with Crippen LogP contribution in [0.1, 0.15) is 30.0 Å². The van der Waals surface area contributed by atoms with Crippen molar-refractivity contribution in [3.63, 3.8) is 0 Å². The standard InChI is InChI=1S/C22H21N3O4S2/c1-15(26)25(17-7-4-3-5-8-17)22-23-16(14-31-22)10-11-20(27)24-18(13-21(28)29-2)19-9-6-12-30-19/h3-12,14,18H,13H2,1-2H3,(H,24,27)/b11-10+. The van der Waals surface area contributed by atoms with Crippen molar-refractivity contribution in [3.8, 4) is 0 Å². The Labute approximate surface area is 188 Å². The largest absolute Gasteiger partial charge is 0.469 e. The first kappa shape index (κ1) is 22.4. The van der Waals surface area contributed by atoms with E-state index in [1.165, 1.54) is 47.7 Å². The molecule has 0 radical (unpaired) electrons. The molecule has 2 aromatic heterocycles. The van der Waals surface area contributed by atoms with Crippen molar-refractivity contribution in [3.05, 3.63) is 69.9 Å². The number of hydrogen-bond donors (Lipinski definition) is 1. The fourth-order valence-corrected chi connectivity index (χ4v) is 4.44. The van der Waals surface area contributed by atoms with Gasteiger partial charge in [-0.1, -0.05) is 24.3 Å². The average molecular weight is 456 g/mol. The molecule has 160 valence electrons. The minimum Gasteiger partial charge on any atom is -0.469 e. The molecule has 0 fully saturated rings. The minimum absolute atomic E-state index is 0.0437. The zero-order valence-electron chi connectivity index (χ0n) is 17.0. The van der Waals surface area contributed by atoms with E-state index < -0.39 is 12.0 Å². The van der Waals surface area contributed by atoms with Crippen LogP contribution in [-0.4, -0.2) is 29.9 Å². The highest BCUT2D eigenvalue weighted by atomic mass is 32.1. The lowest BCUT2D eigenvalue weighted by Crippen LogP contribution is -2.28. The van der Waals surface area contributed by atoms with Crippen LogP contribution in [-0.2, 0) is 19.1 Å². The third-order valence-electron chi connectivity index (χ3n) is 4.24. The van der Waals surface area contributed by atoms with Gasteiger partial charge in [0.15, 0.2) is 5.13 Å². The molecule has 1 aromatic carbocycles. The van der Waals surface area contributed by atoms with E-state index in [0.717, 1.165) is 10.6 Å². The number of rotatable bonds is 8. The molecular formula is C22H21N3O4S2. The Balaban J connectivity index is 1.70. The Hall–Kier alpha value is -3.30. The van der Waals surface area contributed by atoms with Crippen molar-refractivity contribution in [2.24, 2.45) is 0 Å². The first-order valence-electron chi connectivity index (χ1n) is 9.38. The van der Waals surface area contributed by atoms with Crippen LogP contribution in [0.5, 0.6) is 0 Å². The van der Waals surface area contributed by atoms with E-state index in [1.54, 1.807) is 11.5 Å². The topological polar surface area (TPSA) is 88.6 Å². The van der Waals surface area contributed by atoms with Crippen LogP contribution in [0.3, 0.4) is 0 Å². The van der Waals surface area contributed by atoms with Crippen LogP contribution < -0.4 is 10.2 Å². The quantitative estimate of drug-likeness (QED) is 0.404. The Bertz CT molecular complexity index is 1060. The minimum atomic E-state index is -0.470. The summed E-state index contributed by atoms with van der Waals surface area (Å²) >= 11 is 2.76. The van der Waals surface area contributed by atoms with Crippen molar-refractivity contribution in [2.45, 2.75) is 19.4 Å². The van der Waals surface area contributed by atoms with E-state index in [0.29, 0.717) is 10.8 Å². The maximum absolute atomic E-state index is 12.4. The molecule has 2 amide bonds. The molecule has 0 aliphatic rings. The Morgan fingerprint density at radius 1 is 1.16 bits per heavy atom. The van der Waals surface area contributed by atoms with E-state index >= 15 is 0 Å². The molecule has 0 aliphatic carbocycles. The maximum atomic E-state index is 12.4. The molecule has 0 aliphatic heterocycles. The van der Waals surface area contributed by atoms with Crippen molar-refractivity contribution >= 4 is 57.4 Å². The van der Waals surface area contributed by atoms with Gasteiger partial charge < -0.3 is 10.1 Å². The molecule has 1 unspecified atom stereocenters. The average Bonchev–Trinajstić information content (AvgIpc) is 3.45. The predicted molar refractivity (Wildman–Crippen MR) is 122 cm³/mol. The summed E-state index contributed by atoms with van der Waals surface area (Å²) in [6.07, 6.45) is 2.97. The summed E-state index contributed by atoms with van der Waals surface area (Å²) in [7, 11) is 1.31. The number of thiazole rings is 1. The molecule has 7 nitrogen and oxygen atoms in total. The second kappa shape index (κ2) is 10.6. The number of amides is 2. The molecule has 1 N–H and O–H groups in total. The van der Waals surface area contributed by atoms with Crippen molar-refractivity contribution in [2.75, 3.05) is 12.0 Å². The molecule has 1 atom stereocenters. The summed E-state index contributed by atoms with van der Waals surface area (Å²) in [5.74, 6) is -0.921. The highest BCUT2D eigenvalue weighted by molar-refractivity contribution is 7.14. The molecule has 3 rings (SSSR count). The molecule has 0 bridgehead atoms. The third kappa shape index (κ3) is 6.09. The van der Waals surface area contributed by atoms with Crippen molar-refractivity contribution in [1.82, 2.24) is 10.3 Å². The number of carbonyl (C=O) groups is 3. The summed E-state index contributed by atoms with van der Waals surface area (Å²) in [4.78, 5) is 43.1. The molecule has 0 saturated carbocycles. The molecule has 31 heavy (non-hydrogen) atoms. The van der Waals surface area contributed by atoms with Gasteiger partial charge in [0.2, 0.25) is 11.8 Å². The first-order chi connectivity index (χ1) is 15.0. The summed E-state index contributed by atoms with van der Waals surface area (Å²) in [5, 5.41) is 6.99. The number of esters is 1. The van der Waals surface area contributed by atoms with E-state index in [2.05, 4.69) is 10.3 Å². The second-order valence-electron chi connectivity index (χ2n) is 6.44. The number of ether oxygens (including phenoxy) is 1. The fraction of sp³-hybridized carbons (Fsp3) is 0.182. The molecular weight excluding hydrogens is 434 g/mol. The van der Waals surface area contributed by atoms with Gasteiger partial charge in [0.1, 0.15) is 0 Å². The number of carbonyl (C=O) groups excluding carboxylic acids is 3. The number of methoxy groups -OCH3 is 1. The zero-order chi connectivity index (χ0) is 22.2. The van der Waals surface area contributed by atoms with Crippen molar-refractivity contribution < 1.29 is 19.1 Å². The monoisotopic (exact) mass is 455 g/mol. The van der Waals surface area contributed by atoms with Crippen LogP contribution in [0.2, 0.25) is 0 Å². The van der Waals surface area contributed by atoms with E-state index in [1.807, 2.05) is 47.8 Å². The van der Waals surface area contributed by atoms with Gasteiger partial charge in [-0.05, 0) is 29.7 Å².